The molecule has 1 aromatic heterocycles. The van der Waals surface area contributed by atoms with Gasteiger partial charge in [-0.15, -0.1) is 0 Å². The molecule has 2 aliphatic rings. The van der Waals surface area contributed by atoms with Crippen molar-refractivity contribution in [3.05, 3.63) is 36.2 Å². The molecule has 0 atom stereocenters. The molecular formula is C18H23N5O. The fraction of sp³-hybridized carbons (Fsp3) is 0.500. The van der Waals surface area contributed by atoms with Crippen LogP contribution >= 0.6 is 0 Å². The number of amides is 1. The molecule has 24 heavy (non-hydrogen) atoms. The van der Waals surface area contributed by atoms with Gasteiger partial charge in [0.2, 0.25) is 0 Å². The fourth-order valence-electron chi connectivity index (χ4n) is 3.52. The number of carbonyl (C=O) groups is 1. The molecule has 2 aliphatic heterocycles. The molecule has 2 saturated heterocycles. The Morgan fingerprint density at radius 1 is 1.12 bits per heavy atom. The summed E-state index contributed by atoms with van der Waals surface area (Å²) in [4.78, 5) is 28.3. The Bertz CT molecular complexity index is 735. The number of piperazine rings is 1. The number of aromatic nitrogens is 2. The highest BCUT2D eigenvalue weighted by molar-refractivity contribution is 5.94. The highest BCUT2D eigenvalue weighted by Gasteiger charge is 2.36. The monoisotopic (exact) mass is 325 g/mol. The Morgan fingerprint density at radius 3 is 2.54 bits per heavy atom. The molecule has 2 aromatic rings. The van der Waals surface area contributed by atoms with Crippen LogP contribution in [0.3, 0.4) is 0 Å². The largest absolute Gasteiger partial charge is 0.334 e. The molecule has 2 fully saturated rings. The maximum atomic E-state index is 12.6. The van der Waals surface area contributed by atoms with Gasteiger partial charge in [0.1, 0.15) is 5.69 Å². The van der Waals surface area contributed by atoms with Gasteiger partial charge in [-0.1, -0.05) is 19.1 Å². The van der Waals surface area contributed by atoms with Gasteiger partial charge in [-0.25, -0.2) is 4.98 Å². The van der Waals surface area contributed by atoms with Gasteiger partial charge in [-0.2, -0.15) is 0 Å². The third kappa shape index (κ3) is 2.87. The quantitative estimate of drug-likeness (QED) is 0.846. The molecule has 3 heterocycles. The number of hydrogen-bond acceptors (Lipinski definition) is 5. The van der Waals surface area contributed by atoms with Crippen LogP contribution in [0.1, 0.15) is 17.4 Å². The molecule has 1 aromatic carbocycles. The van der Waals surface area contributed by atoms with E-state index in [0.29, 0.717) is 11.7 Å². The molecule has 0 N–H and O–H groups in total. The van der Waals surface area contributed by atoms with Crippen molar-refractivity contribution in [2.24, 2.45) is 0 Å². The van der Waals surface area contributed by atoms with Gasteiger partial charge in [0.15, 0.2) is 0 Å². The first-order chi connectivity index (χ1) is 11.7. The van der Waals surface area contributed by atoms with E-state index in [1.165, 1.54) is 0 Å². The lowest BCUT2D eigenvalue weighted by molar-refractivity contribution is 0.00807. The number of fused-ring (bicyclic) bond motifs is 1. The van der Waals surface area contributed by atoms with Crippen LogP contribution < -0.4 is 0 Å². The zero-order chi connectivity index (χ0) is 16.5. The first-order valence-corrected chi connectivity index (χ1v) is 8.72. The van der Waals surface area contributed by atoms with E-state index in [0.717, 1.165) is 56.8 Å². The second-order valence-corrected chi connectivity index (χ2v) is 6.58. The van der Waals surface area contributed by atoms with Gasteiger partial charge in [0.05, 0.1) is 17.2 Å². The Labute approximate surface area is 142 Å². The van der Waals surface area contributed by atoms with Crippen molar-refractivity contribution >= 4 is 16.9 Å². The van der Waals surface area contributed by atoms with Gasteiger partial charge in [-0.05, 0) is 18.7 Å². The molecule has 0 radical (unpaired) electrons. The molecule has 126 valence electrons. The van der Waals surface area contributed by atoms with Crippen LogP contribution in [0, 0.1) is 0 Å². The van der Waals surface area contributed by atoms with Crippen molar-refractivity contribution in [3.8, 4) is 0 Å². The van der Waals surface area contributed by atoms with Gasteiger partial charge < -0.3 is 9.80 Å². The fourth-order valence-corrected chi connectivity index (χ4v) is 3.52. The highest BCUT2D eigenvalue weighted by atomic mass is 16.2. The van der Waals surface area contributed by atoms with E-state index in [1.807, 2.05) is 29.2 Å². The number of rotatable bonds is 3. The van der Waals surface area contributed by atoms with Gasteiger partial charge in [0, 0.05) is 45.3 Å². The summed E-state index contributed by atoms with van der Waals surface area (Å²) in [5, 5.41) is 0. The molecule has 6 nitrogen and oxygen atoms in total. The van der Waals surface area contributed by atoms with Crippen LogP contribution in [-0.4, -0.2) is 82.4 Å². The van der Waals surface area contributed by atoms with E-state index in [2.05, 4.69) is 26.7 Å². The summed E-state index contributed by atoms with van der Waals surface area (Å²) in [6, 6.07) is 8.15. The van der Waals surface area contributed by atoms with Crippen LogP contribution in [0.15, 0.2) is 30.5 Å². The third-order valence-corrected chi connectivity index (χ3v) is 5.19. The van der Waals surface area contributed by atoms with E-state index in [1.54, 1.807) is 6.20 Å². The number of carbonyl (C=O) groups excluding carboxylic acids is 1. The lowest BCUT2D eigenvalue weighted by Gasteiger charge is -2.47. The molecular weight excluding hydrogens is 302 g/mol. The van der Waals surface area contributed by atoms with E-state index in [-0.39, 0.29) is 5.91 Å². The number of benzene rings is 1. The van der Waals surface area contributed by atoms with Crippen molar-refractivity contribution < 1.29 is 4.79 Å². The second-order valence-electron chi connectivity index (χ2n) is 6.58. The summed E-state index contributed by atoms with van der Waals surface area (Å²) in [5.74, 6) is -0.00306. The number of para-hydroxylation sites is 2. The number of likely N-dealkylation sites (tertiary alicyclic amines) is 1. The zero-order valence-electron chi connectivity index (χ0n) is 14.1. The minimum atomic E-state index is -0.00306. The van der Waals surface area contributed by atoms with Crippen LogP contribution in [0.4, 0.5) is 0 Å². The Hall–Kier alpha value is -2.05. The van der Waals surface area contributed by atoms with Crippen molar-refractivity contribution in [2.45, 2.75) is 13.0 Å². The van der Waals surface area contributed by atoms with Crippen LogP contribution in [-0.2, 0) is 0 Å². The van der Waals surface area contributed by atoms with Crippen molar-refractivity contribution in [3.63, 3.8) is 0 Å². The van der Waals surface area contributed by atoms with Crippen LogP contribution in [0.25, 0.3) is 11.0 Å². The number of hydrogen-bond donors (Lipinski definition) is 0. The summed E-state index contributed by atoms with van der Waals surface area (Å²) in [6.45, 7) is 9.44. The van der Waals surface area contributed by atoms with Crippen LogP contribution in [0.5, 0.6) is 0 Å². The zero-order valence-corrected chi connectivity index (χ0v) is 14.1. The molecule has 0 aliphatic carbocycles. The SMILES string of the molecule is CCN1CCN(C2CN(C(=O)c3cnc4ccccc4n3)C2)CC1. The van der Waals surface area contributed by atoms with E-state index >= 15 is 0 Å². The standard InChI is InChI=1S/C18H23N5O/c1-2-21-7-9-22(10-8-21)14-12-23(13-14)18(24)17-11-19-15-5-3-4-6-16(15)20-17/h3-6,11,14H,2,7-10,12-13H2,1H3. The predicted molar refractivity (Wildman–Crippen MR) is 92.9 cm³/mol. The van der Waals surface area contributed by atoms with Crippen molar-refractivity contribution in [1.82, 2.24) is 24.7 Å². The maximum Gasteiger partial charge on any atom is 0.274 e. The lowest BCUT2D eigenvalue weighted by Crippen LogP contribution is -2.64. The topological polar surface area (TPSA) is 52.6 Å². The van der Waals surface area contributed by atoms with E-state index in [4.69, 9.17) is 0 Å². The van der Waals surface area contributed by atoms with Crippen molar-refractivity contribution in [2.75, 3.05) is 45.8 Å². The predicted octanol–water partition coefficient (Wildman–Crippen LogP) is 1.09. The van der Waals surface area contributed by atoms with Crippen LogP contribution in [0.2, 0.25) is 0 Å². The molecule has 0 unspecified atom stereocenters. The first kappa shape index (κ1) is 15.5. The molecule has 0 saturated carbocycles. The highest BCUT2D eigenvalue weighted by Crippen LogP contribution is 2.19. The van der Waals surface area contributed by atoms with E-state index in [9.17, 15) is 4.79 Å². The van der Waals surface area contributed by atoms with E-state index < -0.39 is 0 Å². The number of likely N-dealkylation sites (N-methyl/N-ethyl adjacent to an activating group) is 1. The number of nitrogens with zero attached hydrogens (tertiary/aromatic N) is 5. The van der Waals surface area contributed by atoms with Gasteiger partial charge >= 0.3 is 0 Å². The maximum absolute atomic E-state index is 12.6. The second kappa shape index (κ2) is 6.45. The molecule has 4 rings (SSSR count). The smallest absolute Gasteiger partial charge is 0.274 e. The minimum Gasteiger partial charge on any atom is -0.334 e. The lowest BCUT2D eigenvalue weighted by atomic mass is 10.1. The average Bonchev–Trinajstić information content (AvgIpc) is 2.60. The summed E-state index contributed by atoms with van der Waals surface area (Å²) >= 11 is 0. The molecule has 0 spiro atoms. The summed E-state index contributed by atoms with van der Waals surface area (Å²) < 4.78 is 0. The Morgan fingerprint density at radius 2 is 1.83 bits per heavy atom. The summed E-state index contributed by atoms with van der Waals surface area (Å²) in [5.41, 5.74) is 2.04. The minimum absolute atomic E-state index is 0.00306. The Kier molecular flexibility index (Phi) is 4.16. The average molecular weight is 325 g/mol. The molecule has 1 amide bonds. The summed E-state index contributed by atoms with van der Waals surface area (Å²) in [6.07, 6.45) is 1.60. The first-order valence-electron chi connectivity index (χ1n) is 8.72. The molecule has 0 bridgehead atoms. The van der Waals surface area contributed by atoms with Gasteiger partial charge in [0.25, 0.3) is 5.91 Å². The summed E-state index contributed by atoms with van der Waals surface area (Å²) in [7, 11) is 0. The normalized spacial score (nSPS) is 20.3. The Balaban J connectivity index is 1.36. The third-order valence-electron chi connectivity index (χ3n) is 5.19. The van der Waals surface area contributed by atoms with Gasteiger partial charge in [-0.3, -0.25) is 14.7 Å². The van der Waals surface area contributed by atoms with Crippen molar-refractivity contribution in [1.29, 1.82) is 0 Å². The molecule has 6 heteroatoms.